The van der Waals surface area contributed by atoms with Gasteiger partial charge in [0.25, 0.3) is 5.69 Å². The van der Waals surface area contributed by atoms with Crippen LogP contribution >= 0.6 is 12.4 Å². The number of nitro benzene ring substituents is 1. The number of allylic oxidation sites excluding steroid dienone is 2. The average Bonchev–Trinajstić information content (AvgIpc) is 2.63. The number of nitro groups is 1. The third-order valence-corrected chi connectivity index (χ3v) is 6.26. The van der Waals surface area contributed by atoms with Crippen LogP contribution in [0, 0.1) is 20.9 Å². The molecule has 0 spiro atoms. The lowest BCUT2D eigenvalue weighted by molar-refractivity contribution is -0.384. The number of hydrogen-bond donors (Lipinski definition) is 1. The zero-order valence-electron chi connectivity index (χ0n) is 19.2. The monoisotopic (exact) mass is 435 g/mol. The highest BCUT2D eigenvalue weighted by Crippen LogP contribution is 2.49. The van der Waals surface area contributed by atoms with Crippen molar-refractivity contribution in [1.29, 1.82) is 0 Å². The minimum atomic E-state index is -0.265. The molecular formula is C24H38ClN3O2. The third kappa shape index (κ3) is 5.76. The van der Waals surface area contributed by atoms with Crippen LogP contribution in [0.1, 0.15) is 72.3 Å². The van der Waals surface area contributed by atoms with Gasteiger partial charge >= 0.3 is 0 Å². The first-order valence-corrected chi connectivity index (χ1v) is 11.1. The molecule has 0 amide bonds. The molecule has 3 rings (SSSR count). The van der Waals surface area contributed by atoms with Gasteiger partial charge in [-0.15, -0.1) is 12.4 Å². The van der Waals surface area contributed by atoms with Gasteiger partial charge in [-0.1, -0.05) is 53.5 Å². The Balaban J connectivity index is 0.00000320. The molecule has 1 N–H and O–H groups in total. The van der Waals surface area contributed by atoms with Crippen molar-refractivity contribution in [2.24, 2.45) is 10.8 Å². The van der Waals surface area contributed by atoms with E-state index in [0.29, 0.717) is 6.04 Å². The highest BCUT2D eigenvalue weighted by atomic mass is 35.5. The molecule has 0 aromatic heterocycles. The number of benzene rings is 1. The van der Waals surface area contributed by atoms with E-state index in [1.807, 2.05) is 12.1 Å². The van der Waals surface area contributed by atoms with Crippen molar-refractivity contribution in [3.05, 3.63) is 40.0 Å². The van der Waals surface area contributed by atoms with Gasteiger partial charge < -0.3 is 10.2 Å². The molecule has 1 aromatic rings. The van der Waals surface area contributed by atoms with Gasteiger partial charge in [-0.25, -0.2) is 0 Å². The van der Waals surface area contributed by atoms with Crippen LogP contribution in [0.25, 0.3) is 5.57 Å². The van der Waals surface area contributed by atoms with E-state index in [0.717, 1.165) is 50.1 Å². The molecule has 30 heavy (non-hydrogen) atoms. The lowest BCUT2D eigenvalue weighted by Gasteiger charge is -2.42. The molecule has 5 nitrogen and oxygen atoms in total. The quantitative estimate of drug-likeness (QED) is 0.426. The van der Waals surface area contributed by atoms with Crippen molar-refractivity contribution in [3.8, 4) is 0 Å². The fraction of sp³-hybridized carbons (Fsp3) is 0.667. The first kappa shape index (κ1) is 24.7. The van der Waals surface area contributed by atoms with E-state index in [1.165, 1.54) is 18.4 Å². The number of unbranched alkanes of at least 4 members (excludes halogenated alkanes) is 1. The van der Waals surface area contributed by atoms with Crippen molar-refractivity contribution in [3.63, 3.8) is 0 Å². The maximum Gasteiger partial charge on any atom is 0.270 e. The summed E-state index contributed by atoms with van der Waals surface area (Å²) in [5.41, 5.74) is 3.94. The first-order chi connectivity index (χ1) is 13.6. The summed E-state index contributed by atoms with van der Waals surface area (Å²) in [6, 6.07) is 5.93. The van der Waals surface area contributed by atoms with E-state index in [-0.39, 0.29) is 33.8 Å². The largest absolute Gasteiger partial charge is 0.365 e. The third-order valence-electron chi connectivity index (χ3n) is 6.26. The van der Waals surface area contributed by atoms with Gasteiger partial charge in [0.2, 0.25) is 0 Å². The molecule has 168 valence electrons. The molecule has 6 heteroatoms. The standard InChI is InChI=1S/C24H37N3O2.ClH/c1-6-7-8-20-16-25-11-12-26(20)22-10-9-19(27(28)29)13-21(22)18-14-23(2,3)17-24(4,5)15-18;/h9-10,13-14,20,25H,6-8,11-12,15-17H2,1-5H3;1H. The highest BCUT2D eigenvalue weighted by molar-refractivity contribution is 5.85. The van der Waals surface area contributed by atoms with Gasteiger partial charge in [0.1, 0.15) is 0 Å². The van der Waals surface area contributed by atoms with Gasteiger partial charge in [-0.3, -0.25) is 10.1 Å². The Bertz CT molecular complexity index is 789. The Hall–Kier alpha value is -1.59. The fourth-order valence-corrected chi connectivity index (χ4v) is 5.48. The molecule has 0 radical (unpaired) electrons. The molecule has 1 unspecified atom stereocenters. The number of piperazine rings is 1. The number of nitrogens with one attached hydrogen (secondary N) is 1. The van der Waals surface area contributed by atoms with Crippen LogP contribution in [0.5, 0.6) is 0 Å². The minimum absolute atomic E-state index is 0. The lowest BCUT2D eigenvalue weighted by atomic mass is 9.65. The summed E-state index contributed by atoms with van der Waals surface area (Å²) < 4.78 is 0. The molecule has 2 aliphatic rings. The Labute approximate surface area is 187 Å². The van der Waals surface area contributed by atoms with Crippen LogP contribution in [-0.2, 0) is 0 Å². The van der Waals surface area contributed by atoms with Crippen LogP contribution in [0.2, 0.25) is 0 Å². The Kier molecular flexibility index (Phi) is 7.97. The molecule has 1 aliphatic heterocycles. The summed E-state index contributed by atoms with van der Waals surface area (Å²) in [5.74, 6) is 0. The molecule has 0 bridgehead atoms. The predicted octanol–water partition coefficient (Wildman–Crippen LogP) is 6.21. The lowest BCUT2D eigenvalue weighted by Crippen LogP contribution is -2.51. The van der Waals surface area contributed by atoms with E-state index in [1.54, 1.807) is 6.07 Å². The summed E-state index contributed by atoms with van der Waals surface area (Å²) in [5, 5.41) is 15.1. The Morgan fingerprint density at radius 3 is 2.63 bits per heavy atom. The summed E-state index contributed by atoms with van der Waals surface area (Å²) in [6.07, 6.45) is 7.98. The second-order valence-electron chi connectivity index (χ2n) is 10.3. The van der Waals surface area contributed by atoms with Crippen molar-refractivity contribution in [1.82, 2.24) is 5.32 Å². The summed E-state index contributed by atoms with van der Waals surface area (Å²) in [6.45, 7) is 14.3. The summed E-state index contributed by atoms with van der Waals surface area (Å²) >= 11 is 0. The minimum Gasteiger partial charge on any atom is -0.365 e. The second-order valence-corrected chi connectivity index (χ2v) is 10.3. The molecule has 1 aliphatic carbocycles. The second kappa shape index (κ2) is 9.69. The molecular weight excluding hydrogens is 398 g/mol. The van der Waals surface area contributed by atoms with Gasteiger partial charge in [0, 0.05) is 49.1 Å². The van der Waals surface area contributed by atoms with Crippen molar-refractivity contribution < 1.29 is 4.92 Å². The van der Waals surface area contributed by atoms with E-state index in [9.17, 15) is 10.1 Å². The van der Waals surface area contributed by atoms with Crippen LogP contribution < -0.4 is 10.2 Å². The zero-order chi connectivity index (χ0) is 21.2. The maximum atomic E-state index is 11.5. The number of hydrogen-bond acceptors (Lipinski definition) is 4. The van der Waals surface area contributed by atoms with Gasteiger partial charge in [0.15, 0.2) is 0 Å². The number of halogens is 1. The van der Waals surface area contributed by atoms with E-state index >= 15 is 0 Å². The highest BCUT2D eigenvalue weighted by Gasteiger charge is 2.35. The van der Waals surface area contributed by atoms with Gasteiger partial charge in [-0.05, 0) is 41.7 Å². The molecule has 1 atom stereocenters. The molecule has 1 fully saturated rings. The van der Waals surface area contributed by atoms with Gasteiger partial charge in [-0.2, -0.15) is 0 Å². The van der Waals surface area contributed by atoms with Crippen molar-refractivity contribution >= 4 is 29.4 Å². The summed E-state index contributed by atoms with van der Waals surface area (Å²) in [7, 11) is 0. The van der Waals surface area contributed by atoms with Crippen LogP contribution in [0.3, 0.4) is 0 Å². The first-order valence-electron chi connectivity index (χ1n) is 11.1. The number of non-ortho nitro benzene ring substituents is 1. The Morgan fingerprint density at radius 2 is 2.00 bits per heavy atom. The van der Waals surface area contributed by atoms with Crippen molar-refractivity contribution in [2.75, 3.05) is 24.5 Å². The van der Waals surface area contributed by atoms with E-state index < -0.39 is 0 Å². The van der Waals surface area contributed by atoms with E-state index in [2.05, 4.69) is 50.9 Å². The zero-order valence-corrected chi connectivity index (χ0v) is 20.0. The molecule has 1 heterocycles. The average molecular weight is 436 g/mol. The summed E-state index contributed by atoms with van der Waals surface area (Å²) in [4.78, 5) is 13.8. The van der Waals surface area contributed by atoms with Gasteiger partial charge in [0.05, 0.1) is 4.92 Å². The molecule has 1 saturated heterocycles. The fourth-order valence-electron chi connectivity index (χ4n) is 5.48. The van der Waals surface area contributed by atoms with Crippen LogP contribution in [0.4, 0.5) is 11.4 Å². The SMILES string of the molecule is CCCCC1CNCCN1c1ccc([N+](=O)[O-])cc1C1=CC(C)(C)CC(C)(C)C1.Cl. The number of rotatable bonds is 6. The van der Waals surface area contributed by atoms with Crippen molar-refractivity contribution in [2.45, 2.75) is 72.8 Å². The maximum absolute atomic E-state index is 11.5. The number of nitrogens with zero attached hydrogens (tertiary/aromatic N) is 2. The smallest absolute Gasteiger partial charge is 0.270 e. The normalized spacial score (nSPS) is 22.8. The number of anilines is 1. The molecule has 1 aromatic carbocycles. The van der Waals surface area contributed by atoms with Crippen LogP contribution in [0.15, 0.2) is 24.3 Å². The molecule has 0 saturated carbocycles. The predicted molar refractivity (Wildman–Crippen MR) is 129 cm³/mol. The topological polar surface area (TPSA) is 58.4 Å². The van der Waals surface area contributed by atoms with E-state index in [4.69, 9.17) is 0 Å². The van der Waals surface area contributed by atoms with Crippen LogP contribution in [-0.4, -0.2) is 30.6 Å². The Morgan fingerprint density at radius 1 is 1.27 bits per heavy atom.